The molecule has 0 radical (unpaired) electrons. The van der Waals surface area contributed by atoms with Gasteiger partial charge in [-0.05, 0) is 36.8 Å². The van der Waals surface area contributed by atoms with Gasteiger partial charge in [0, 0.05) is 17.5 Å². The molecule has 0 saturated carbocycles. The SMILES string of the molecule is NC(=O)[C@H]1CCCCN1C(=O)COC(=O)/C=C/c1cccs1. The Kier molecular flexibility index (Phi) is 5.71. The van der Waals surface area contributed by atoms with Crippen LogP contribution in [-0.4, -0.2) is 41.9 Å². The number of rotatable bonds is 5. The molecule has 2 rings (SSSR count). The number of piperidine rings is 1. The molecule has 1 aliphatic rings. The van der Waals surface area contributed by atoms with Gasteiger partial charge in [-0.25, -0.2) is 4.79 Å². The summed E-state index contributed by atoms with van der Waals surface area (Å²) >= 11 is 1.49. The lowest BCUT2D eigenvalue weighted by Crippen LogP contribution is -2.51. The summed E-state index contributed by atoms with van der Waals surface area (Å²) in [6.07, 6.45) is 5.15. The molecule has 1 aliphatic heterocycles. The summed E-state index contributed by atoms with van der Waals surface area (Å²) in [4.78, 5) is 37.3. The Morgan fingerprint density at radius 2 is 2.23 bits per heavy atom. The van der Waals surface area contributed by atoms with E-state index in [2.05, 4.69) is 0 Å². The molecule has 1 aromatic heterocycles. The van der Waals surface area contributed by atoms with Gasteiger partial charge in [-0.15, -0.1) is 11.3 Å². The molecule has 0 bridgehead atoms. The second-order valence-electron chi connectivity index (χ2n) is 4.96. The van der Waals surface area contributed by atoms with Crippen molar-refractivity contribution in [3.05, 3.63) is 28.5 Å². The zero-order chi connectivity index (χ0) is 15.9. The molecule has 22 heavy (non-hydrogen) atoms. The average Bonchev–Trinajstić information content (AvgIpc) is 3.04. The van der Waals surface area contributed by atoms with E-state index in [1.54, 1.807) is 6.08 Å². The van der Waals surface area contributed by atoms with E-state index < -0.39 is 17.9 Å². The fourth-order valence-corrected chi connectivity index (χ4v) is 2.94. The lowest BCUT2D eigenvalue weighted by molar-refractivity contribution is -0.151. The van der Waals surface area contributed by atoms with E-state index >= 15 is 0 Å². The average molecular weight is 322 g/mol. The normalized spacial score (nSPS) is 18.4. The number of carbonyl (C=O) groups is 3. The van der Waals surface area contributed by atoms with Gasteiger partial charge in [-0.3, -0.25) is 9.59 Å². The first-order chi connectivity index (χ1) is 10.6. The monoisotopic (exact) mass is 322 g/mol. The van der Waals surface area contributed by atoms with Crippen LogP contribution >= 0.6 is 11.3 Å². The van der Waals surface area contributed by atoms with E-state index in [-0.39, 0.29) is 12.5 Å². The number of likely N-dealkylation sites (tertiary alicyclic amines) is 1. The zero-order valence-corrected chi connectivity index (χ0v) is 12.9. The van der Waals surface area contributed by atoms with Crippen LogP contribution in [0.3, 0.4) is 0 Å². The van der Waals surface area contributed by atoms with Crippen LogP contribution < -0.4 is 5.73 Å². The van der Waals surface area contributed by atoms with Crippen molar-refractivity contribution in [2.24, 2.45) is 5.73 Å². The number of thiophene rings is 1. The summed E-state index contributed by atoms with van der Waals surface area (Å²) in [6.45, 7) is 0.0897. The standard InChI is InChI=1S/C15H18N2O4S/c16-15(20)12-5-1-2-8-17(12)13(18)10-21-14(19)7-6-11-4-3-9-22-11/h3-4,6-7,9,12H,1-2,5,8,10H2,(H2,16,20)/b7-6+/t12-/m1/s1. The van der Waals surface area contributed by atoms with Crippen molar-refractivity contribution in [1.29, 1.82) is 0 Å². The predicted octanol–water partition coefficient (Wildman–Crippen LogP) is 1.17. The van der Waals surface area contributed by atoms with Gasteiger partial charge in [0.1, 0.15) is 6.04 Å². The number of carbonyl (C=O) groups excluding carboxylic acids is 3. The number of esters is 1. The third-order valence-corrected chi connectivity index (χ3v) is 4.25. The summed E-state index contributed by atoms with van der Waals surface area (Å²) in [5, 5.41) is 1.90. The van der Waals surface area contributed by atoms with Crippen molar-refractivity contribution in [3.8, 4) is 0 Å². The molecule has 0 aliphatic carbocycles. The molecule has 1 aromatic rings. The summed E-state index contributed by atoms with van der Waals surface area (Å²) in [5.74, 6) is -1.49. The molecule has 2 N–H and O–H groups in total. The van der Waals surface area contributed by atoms with Gasteiger partial charge in [0.25, 0.3) is 5.91 Å². The lowest BCUT2D eigenvalue weighted by Gasteiger charge is -2.33. The van der Waals surface area contributed by atoms with Crippen molar-refractivity contribution < 1.29 is 19.1 Å². The first kappa shape index (κ1) is 16.2. The smallest absolute Gasteiger partial charge is 0.331 e. The second kappa shape index (κ2) is 7.74. The van der Waals surface area contributed by atoms with Crippen molar-refractivity contribution in [1.82, 2.24) is 4.90 Å². The molecule has 2 heterocycles. The van der Waals surface area contributed by atoms with Crippen LogP contribution in [0.25, 0.3) is 6.08 Å². The summed E-state index contributed by atoms with van der Waals surface area (Å²) < 4.78 is 4.92. The number of hydrogen-bond donors (Lipinski definition) is 1. The molecule has 1 atom stereocenters. The fraction of sp³-hybridized carbons (Fsp3) is 0.400. The topological polar surface area (TPSA) is 89.7 Å². The maximum atomic E-state index is 12.1. The second-order valence-corrected chi connectivity index (χ2v) is 5.94. The molecule has 1 fully saturated rings. The molecular weight excluding hydrogens is 304 g/mol. The molecule has 0 unspecified atom stereocenters. The van der Waals surface area contributed by atoms with Crippen molar-refractivity contribution in [2.75, 3.05) is 13.2 Å². The number of ether oxygens (including phenoxy) is 1. The number of hydrogen-bond acceptors (Lipinski definition) is 5. The number of primary amides is 1. The maximum absolute atomic E-state index is 12.1. The van der Waals surface area contributed by atoms with E-state index in [4.69, 9.17) is 10.5 Å². The van der Waals surface area contributed by atoms with E-state index in [0.717, 1.165) is 17.7 Å². The Hall–Kier alpha value is -2.15. The van der Waals surface area contributed by atoms with Gasteiger partial charge in [0.15, 0.2) is 6.61 Å². The largest absolute Gasteiger partial charge is 0.452 e. The highest BCUT2D eigenvalue weighted by Gasteiger charge is 2.30. The van der Waals surface area contributed by atoms with E-state index in [1.807, 2.05) is 17.5 Å². The van der Waals surface area contributed by atoms with Gasteiger partial charge < -0.3 is 15.4 Å². The summed E-state index contributed by atoms with van der Waals surface area (Å²) in [5.41, 5.74) is 5.30. The highest BCUT2D eigenvalue weighted by Crippen LogP contribution is 2.17. The van der Waals surface area contributed by atoms with Crippen molar-refractivity contribution in [2.45, 2.75) is 25.3 Å². The molecule has 118 valence electrons. The molecule has 2 amide bonds. The van der Waals surface area contributed by atoms with Crippen LogP contribution in [0.2, 0.25) is 0 Å². The third kappa shape index (κ3) is 4.42. The van der Waals surface area contributed by atoms with Gasteiger partial charge in [-0.1, -0.05) is 6.07 Å². The molecule has 7 heteroatoms. The molecule has 1 saturated heterocycles. The van der Waals surface area contributed by atoms with E-state index in [0.29, 0.717) is 13.0 Å². The Bertz CT molecular complexity index is 568. The summed E-state index contributed by atoms with van der Waals surface area (Å²) in [7, 11) is 0. The molecule has 0 aromatic carbocycles. The quantitative estimate of drug-likeness (QED) is 0.651. The van der Waals surface area contributed by atoms with E-state index in [9.17, 15) is 14.4 Å². The van der Waals surface area contributed by atoms with Gasteiger partial charge >= 0.3 is 5.97 Å². The fourth-order valence-electron chi connectivity index (χ4n) is 2.33. The zero-order valence-electron chi connectivity index (χ0n) is 12.1. The van der Waals surface area contributed by atoms with Crippen LogP contribution in [0.1, 0.15) is 24.1 Å². The number of nitrogens with two attached hydrogens (primary N) is 1. The number of nitrogens with zero attached hydrogens (tertiary/aromatic N) is 1. The maximum Gasteiger partial charge on any atom is 0.331 e. The number of amides is 2. The minimum absolute atomic E-state index is 0.378. The van der Waals surface area contributed by atoms with Gasteiger partial charge in [-0.2, -0.15) is 0 Å². The first-order valence-electron chi connectivity index (χ1n) is 7.05. The Balaban J connectivity index is 1.83. The molecule has 0 spiro atoms. The van der Waals surface area contributed by atoms with Gasteiger partial charge in [0.05, 0.1) is 0 Å². The lowest BCUT2D eigenvalue weighted by atomic mass is 10.0. The highest BCUT2D eigenvalue weighted by molar-refractivity contribution is 7.10. The summed E-state index contributed by atoms with van der Waals surface area (Å²) in [6, 6.07) is 3.14. The third-order valence-electron chi connectivity index (χ3n) is 3.42. The van der Waals surface area contributed by atoms with Crippen LogP contribution in [0.5, 0.6) is 0 Å². The van der Waals surface area contributed by atoms with Crippen LogP contribution in [0, 0.1) is 0 Å². The Labute approximate surface area is 132 Å². The van der Waals surface area contributed by atoms with Crippen molar-refractivity contribution >= 4 is 35.2 Å². The van der Waals surface area contributed by atoms with Crippen LogP contribution in [0.15, 0.2) is 23.6 Å². The van der Waals surface area contributed by atoms with Gasteiger partial charge in [0.2, 0.25) is 5.91 Å². The molecular formula is C15H18N2O4S. The Morgan fingerprint density at radius 3 is 2.91 bits per heavy atom. The predicted molar refractivity (Wildman–Crippen MR) is 82.9 cm³/mol. The minimum atomic E-state index is -0.596. The first-order valence-corrected chi connectivity index (χ1v) is 7.93. The Morgan fingerprint density at radius 1 is 1.41 bits per heavy atom. The minimum Gasteiger partial charge on any atom is -0.452 e. The van der Waals surface area contributed by atoms with Crippen LogP contribution in [-0.2, 0) is 19.1 Å². The molecule has 6 nitrogen and oxygen atoms in total. The van der Waals surface area contributed by atoms with E-state index in [1.165, 1.54) is 22.3 Å². The van der Waals surface area contributed by atoms with Crippen LogP contribution in [0.4, 0.5) is 0 Å². The van der Waals surface area contributed by atoms with Crippen molar-refractivity contribution in [3.63, 3.8) is 0 Å². The highest BCUT2D eigenvalue weighted by atomic mass is 32.1.